The highest BCUT2D eigenvalue weighted by molar-refractivity contribution is 5.47. The number of halogens is 1. The molecule has 2 fully saturated rings. The van der Waals surface area contributed by atoms with Crippen LogP contribution in [0.15, 0.2) is 24.7 Å². The summed E-state index contributed by atoms with van der Waals surface area (Å²) in [6.07, 6.45) is 5.02. The van der Waals surface area contributed by atoms with Crippen LogP contribution < -0.4 is 9.80 Å². The van der Waals surface area contributed by atoms with Gasteiger partial charge in [0.2, 0.25) is 0 Å². The normalized spacial score (nSPS) is 18.2. The smallest absolute Gasteiger partial charge is 0.183 e. The van der Waals surface area contributed by atoms with Crippen LogP contribution in [0.4, 0.5) is 16.0 Å². The van der Waals surface area contributed by atoms with Crippen molar-refractivity contribution in [1.82, 2.24) is 20.2 Å². The fourth-order valence-electron chi connectivity index (χ4n) is 2.73. The molecule has 0 atom stereocenters. The SMILES string of the molecule is CN(c1ncncc1F)C1CN(c2ccc(C3CC3)nn2)C1. The second kappa shape index (κ2) is 5.15. The molecule has 0 aromatic carbocycles. The molecule has 2 aliphatic rings. The molecule has 114 valence electrons. The molecule has 2 aromatic heterocycles. The van der Waals surface area contributed by atoms with Gasteiger partial charge in [-0.2, -0.15) is 5.10 Å². The lowest BCUT2D eigenvalue weighted by atomic mass is 10.1. The van der Waals surface area contributed by atoms with E-state index >= 15 is 0 Å². The van der Waals surface area contributed by atoms with Crippen molar-refractivity contribution in [3.8, 4) is 0 Å². The van der Waals surface area contributed by atoms with E-state index in [4.69, 9.17) is 0 Å². The molecular formula is C15H17FN6. The van der Waals surface area contributed by atoms with E-state index in [0.29, 0.717) is 11.7 Å². The lowest BCUT2D eigenvalue weighted by molar-refractivity contribution is 0.478. The fraction of sp³-hybridized carbons (Fsp3) is 0.467. The van der Waals surface area contributed by atoms with E-state index in [0.717, 1.165) is 24.6 Å². The van der Waals surface area contributed by atoms with Gasteiger partial charge < -0.3 is 9.80 Å². The number of rotatable bonds is 4. The van der Waals surface area contributed by atoms with Crippen LogP contribution >= 0.6 is 0 Å². The highest BCUT2D eigenvalue weighted by Gasteiger charge is 2.33. The lowest BCUT2D eigenvalue weighted by Gasteiger charge is -2.44. The van der Waals surface area contributed by atoms with Gasteiger partial charge in [-0.05, 0) is 25.0 Å². The highest BCUT2D eigenvalue weighted by atomic mass is 19.1. The van der Waals surface area contributed by atoms with Crippen molar-refractivity contribution in [3.05, 3.63) is 36.2 Å². The maximum atomic E-state index is 13.7. The van der Waals surface area contributed by atoms with Gasteiger partial charge in [0.1, 0.15) is 6.33 Å². The maximum absolute atomic E-state index is 13.7. The zero-order valence-corrected chi connectivity index (χ0v) is 12.4. The van der Waals surface area contributed by atoms with Crippen LogP contribution in [0.2, 0.25) is 0 Å². The van der Waals surface area contributed by atoms with E-state index in [1.54, 1.807) is 0 Å². The third-order valence-electron chi connectivity index (χ3n) is 4.38. The van der Waals surface area contributed by atoms with Gasteiger partial charge in [-0.3, -0.25) is 0 Å². The molecular weight excluding hydrogens is 283 g/mol. The summed E-state index contributed by atoms with van der Waals surface area (Å²) in [5.41, 5.74) is 1.10. The lowest BCUT2D eigenvalue weighted by Crippen LogP contribution is -2.59. The monoisotopic (exact) mass is 300 g/mol. The summed E-state index contributed by atoms with van der Waals surface area (Å²) in [6, 6.07) is 4.32. The van der Waals surface area contributed by atoms with E-state index in [-0.39, 0.29) is 6.04 Å². The summed E-state index contributed by atoms with van der Waals surface area (Å²) in [6.45, 7) is 1.58. The second-order valence-electron chi connectivity index (χ2n) is 5.95. The summed E-state index contributed by atoms with van der Waals surface area (Å²) < 4.78 is 13.7. The molecule has 0 spiro atoms. The molecule has 0 bridgehead atoms. The number of aromatic nitrogens is 4. The Morgan fingerprint density at radius 2 is 2.05 bits per heavy atom. The second-order valence-corrected chi connectivity index (χ2v) is 5.95. The number of anilines is 2. The zero-order valence-electron chi connectivity index (χ0n) is 12.4. The Labute approximate surface area is 128 Å². The van der Waals surface area contributed by atoms with Gasteiger partial charge in [-0.25, -0.2) is 14.4 Å². The van der Waals surface area contributed by atoms with E-state index < -0.39 is 5.82 Å². The van der Waals surface area contributed by atoms with Crippen molar-refractivity contribution in [2.24, 2.45) is 0 Å². The van der Waals surface area contributed by atoms with Crippen LogP contribution in [0.3, 0.4) is 0 Å². The first-order chi connectivity index (χ1) is 10.7. The fourth-order valence-corrected chi connectivity index (χ4v) is 2.73. The van der Waals surface area contributed by atoms with Gasteiger partial charge in [0.25, 0.3) is 0 Å². The number of hydrogen-bond donors (Lipinski definition) is 0. The van der Waals surface area contributed by atoms with Gasteiger partial charge >= 0.3 is 0 Å². The first kappa shape index (κ1) is 13.4. The van der Waals surface area contributed by atoms with Gasteiger partial charge in [0.05, 0.1) is 17.9 Å². The molecule has 0 radical (unpaired) electrons. The molecule has 1 aliphatic heterocycles. The molecule has 0 unspecified atom stereocenters. The van der Waals surface area contributed by atoms with Crippen LogP contribution in [0.1, 0.15) is 24.5 Å². The van der Waals surface area contributed by atoms with Crippen molar-refractivity contribution < 1.29 is 4.39 Å². The Hall–Kier alpha value is -2.31. The molecule has 2 aromatic rings. The molecule has 0 N–H and O–H groups in total. The number of likely N-dealkylation sites (N-methyl/N-ethyl adjacent to an activating group) is 1. The minimum Gasteiger partial charge on any atom is -0.351 e. The molecule has 6 nitrogen and oxygen atoms in total. The van der Waals surface area contributed by atoms with Gasteiger partial charge in [0, 0.05) is 26.1 Å². The molecule has 1 saturated heterocycles. The van der Waals surface area contributed by atoms with Crippen molar-refractivity contribution in [2.75, 3.05) is 29.9 Å². The highest BCUT2D eigenvalue weighted by Crippen LogP contribution is 2.38. The van der Waals surface area contributed by atoms with E-state index in [9.17, 15) is 4.39 Å². The van der Waals surface area contributed by atoms with Crippen molar-refractivity contribution in [1.29, 1.82) is 0 Å². The van der Waals surface area contributed by atoms with E-state index in [1.165, 1.54) is 25.4 Å². The van der Waals surface area contributed by atoms with Crippen molar-refractivity contribution in [3.63, 3.8) is 0 Å². The molecule has 4 rings (SSSR count). The minimum atomic E-state index is -0.392. The summed E-state index contributed by atoms with van der Waals surface area (Å²) in [5.74, 6) is 1.46. The third-order valence-corrected chi connectivity index (χ3v) is 4.38. The van der Waals surface area contributed by atoms with E-state index in [2.05, 4.69) is 31.1 Å². The first-order valence-corrected chi connectivity index (χ1v) is 7.49. The number of nitrogens with zero attached hydrogens (tertiary/aromatic N) is 6. The molecule has 7 heteroatoms. The Bertz CT molecular complexity index is 666. The minimum absolute atomic E-state index is 0.217. The third kappa shape index (κ3) is 2.36. The van der Waals surface area contributed by atoms with Crippen LogP contribution in [-0.4, -0.2) is 46.3 Å². The van der Waals surface area contributed by atoms with Crippen LogP contribution in [0, 0.1) is 5.82 Å². The van der Waals surface area contributed by atoms with Crippen LogP contribution in [0.5, 0.6) is 0 Å². The summed E-state index contributed by atoms with van der Waals surface area (Å²) in [5, 5.41) is 8.60. The quantitative estimate of drug-likeness (QED) is 0.855. The molecule has 3 heterocycles. The topological polar surface area (TPSA) is 58.0 Å². The Kier molecular flexibility index (Phi) is 3.13. The summed E-state index contributed by atoms with van der Waals surface area (Å²) >= 11 is 0. The predicted octanol–water partition coefficient (Wildman–Crippen LogP) is 1.61. The maximum Gasteiger partial charge on any atom is 0.183 e. The standard InChI is InChI=1S/C15H17FN6/c1-21(15-12(16)6-17-9-18-15)11-7-22(8-11)14-5-4-13(19-20-14)10-2-3-10/h4-6,9-11H,2-3,7-8H2,1H3. The largest absolute Gasteiger partial charge is 0.351 e. The molecule has 1 aliphatic carbocycles. The number of hydrogen-bond acceptors (Lipinski definition) is 6. The van der Waals surface area contributed by atoms with Gasteiger partial charge in [0.15, 0.2) is 17.5 Å². The summed E-state index contributed by atoms with van der Waals surface area (Å²) in [4.78, 5) is 11.7. The van der Waals surface area contributed by atoms with Crippen molar-refractivity contribution >= 4 is 11.6 Å². The van der Waals surface area contributed by atoms with E-state index in [1.807, 2.05) is 18.0 Å². The first-order valence-electron chi connectivity index (χ1n) is 7.49. The zero-order chi connectivity index (χ0) is 15.1. The predicted molar refractivity (Wildman–Crippen MR) is 80.4 cm³/mol. The summed E-state index contributed by atoms with van der Waals surface area (Å²) in [7, 11) is 1.86. The molecule has 0 amide bonds. The Morgan fingerprint density at radius 1 is 1.23 bits per heavy atom. The Morgan fingerprint density at radius 3 is 2.68 bits per heavy atom. The van der Waals surface area contributed by atoms with Crippen LogP contribution in [0.25, 0.3) is 0 Å². The van der Waals surface area contributed by atoms with Gasteiger partial charge in [-0.1, -0.05) is 0 Å². The molecule has 1 saturated carbocycles. The molecule has 22 heavy (non-hydrogen) atoms. The van der Waals surface area contributed by atoms with Crippen molar-refractivity contribution in [2.45, 2.75) is 24.8 Å². The average Bonchev–Trinajstić information content (AvgIpc) is 3.31. The van der Waals surface area contributed by atoms with Crippen LogP contribution in [-0.2, 0) is 0 Å². The Balaban J connectivity index is 1.40. The average molecular weight is 300 g/mol. The van der Waals surface area contributed by atoms with Gasteiger partial charge in [-0.15, -0.1) is 5.10 Å².